The standard InChI is InChI=1S/C14H12F3N3O2S/c15-14(16,17)12-6-7-13(18-10-12)19-20-23(21,22)9-8-11-4-2-1-3-5-11/h1-10,20H,(H,18,19)/b9-8+. The molecule has 0 aliphatic carbocycles. The van der Waals surface area contributed by atoms with Gasteiger partial charge >= 0.3 is 6.18 Å². The van der Waals surface area contributed by atoms with Gasteiger partial charge in [0.1, 0.15) is 5.82 Å². The second kappa shape index (κ2) is 6.80. The van der Waals surface area contributed by atoms with Gasteiger partial charge in [0.05, 0.1) is 5.56 Å². The molecule has 0 bridgehead atoms. The molecule has 0 fully saturated rings. The average Bonchev–Trinajstić information content (AvgIpc) is 2.52. The summed E-state index contributed by atoms with van der Waals surface area (Å²) in [6.45, 7) is 0. The van der Waals surface area contributed by atoms with Crippen molar-refractivity contribution in [2.24, 2.45) is 0 Å². The Labute approximate surface area is 130 Å². The number of nitrogens with one attached hydrogen (secondary N) is 2. The van der Waals surface area contributed by atoms with Gasteiger partial charge in [-0.25, -0.2) is 13.4 Å². The highest BCUT2D eigenvalue weighted by atomic mass is 32.2. The maximum absolute atomic E-state index is 12.4. The summed E-state index contributed by atoms with van der Waals surface area (Å²) in [4.78, 5) is 5.48. The lowest BCUT2D eigenvalue weighted by Crippen LogP contribution is -2.28. The number of hydrogen-bond acceptors (Lipinski definition) is 4. The summed E-state index contributed by atoms with van der Waals surface area (Å²) in [6.07, 6.45) is -2.51. The van der Waals surface area contributed by atoms with E-state index in [4.69, 9.17) is 0 Å². The van der Waals surface area contributed by atoms with E-state index in [1.807, 2.05) is 4.83 Å². The molecule has 0 spiro atoms. The first-order valence-corrected chi connectivity index (χ1v) is 7.85. The van der Waals surface area contributed by atoms with E-state index in [0.717, 1.165) is 17.5 Å². The van der Waals surface area contributed by atoms with Crippen LogP contribution < -0.4 is 10.3 Å². The Balaban J connectivity index is 1.98. The largest absolute Gasteiger partial charge is 0.417 e. The molecule has 0 aliphatic heterocycles. The van der Waals surface area contributed by atoms with E-state index in [1.54, 1.807) is 30.3 Å². The predicted octanol–water partition coefficient (Wildman–Crippen LogP) is 3.02. The number of nitrogens with zero attached hydrogens (tertiary/aromatic N) is 1. The van der Waals surface area contributed by atoms with Gasteiger partial charge in [-0.2, -0.15) is 13.2 Å². The molecule has 1 heterocycles. The molecule has 0 saturated heterocycles. The fourth-order valence-electron chi connectivity index (χ4n) is 1.53. The lowest BCUT2D eigenvalue weighted by atomic mass is 10.2. The molecule has 0 aliphatic rings. The van der Waals surface area contributed by atoms with E-state index >= 15 is 0 Å². The van der Waals surface area contributed by atoms with E-state index in [-0.39, 0.29) is 5.82 Å². The molecule has 1 aromatic heterocycles. The van der Waals surface area contributed by atoms with Gasteiger partial charge in [0.25, 0.3) is 10.0 Å². The van der Waals surface area contributed by atoms with Crippen molar-refractivity contribution in [3.63, 3.8) is 0 Å². The number of hydrazine groups is 1. The van der Waals surface area contributed by atoms with E-state index < -0.39 is 21.8 Å². The molecule has 1 aromatic carbocycles. The first-order valence-electron chi connectivity index (χ1n) is 6.30. The number of anilines is 1. The Morgan fingerprint density at radius 2 is 1.74 bits per heavy atom. The third kappa shape index (κ3) is 5.38. The molecule has 0 unspecified atom stereocenters. The summed E-state index contributed by atoms with van der Waals surface area (Å²) in [6, 6.07) is 10.6. The molecule has 2 aromatic rings. The SMILES string of the molecule is O=S(=O)(/C=C/c1ccccc1)NNc1ccc(C(F)(F)F)cn1. The minimum Gasteiger partial charge on any atom is -0.292 e. The predicted molar refractivity (Wildman–Crippen MR) is 80.4 cm³/mol. The average molecular weight is 343 g/mol. The second-order valence-electron chi connectivity index (χ2n) is 4.42. The van der Waals surface area contributed by atoms with Gasteiger partial charge in [-0.15, -0.1) is 4.83 Å². The number of hydrogen-bond donors (Lipinski definition) is 2. The number of pyridine rings is 1. The van der Waals surface area contributed by atoms with Crippen molar-refractivity contribution in [2.75, 3.05) is 5.43 Å². The van der Waals surface area contributed by atoms with Crippen molar-refractivity contribution in [3.05, 3.63) is 65.2 Å². The van der Waals surface area contributed by atoms with Crippen LogP contribution in [0.25, 0.3) is 6.08 Å². The fourth-order valence-corrected chi connectivity index (χ4v) is 2.18. The zero-order chi connectivity index (χ0) is 16.9. The zero-order valence-electron chi connectivity index (χ0n) is 11.6. The molecule has 5 nitrogen and oxygen atoms in total. The van der Waals surface area contributed by atoms with Gasteiger partial charge in [0.15, 0.2) is 0 Å². The first kappa shape index (κ1) is 17.0. The van der Waals surface area contributed by atoms with Gasteiger partial charge in [-0.1, -0.05) is 30.3 Å². The quantitative estimate of drug-likeness (QED) is 0.819. The van der Waals surface area contributed by atoms with Gasteiger partial charge in [-0.3, -0.25) is 5.43 Å². The molecule has 9 heteroatoms. The number of halogens is 3. The van der Waals surface area contributed by atoms with E-state index in [0.29, 0.717) is 11.8 Å². The molecule has 2 rings (SSSR count). The van der Waals surface area contributed by atoms with Crippen molar-refractivity contribution in [3.8, 4) is 0 Å². The van der Waals surface area contributed by atoms with E-state index in [1.165, 1.54) is 6.08 Å². The fraction of sp³-hybridized carbons (Fsp3) is 0.0714. The third-order valence-corrected chi connectivity index (χ3v) is 3.53. The second-order valence-corrected chi connectivity index (χ2v) is 5.98. The van der Waals surface area contributed by atoms with Crippen LogP contribution in [0.3, 0.4) is 0 Å². The minimum atomic E-state index is -4.50. The summed E-state index contributed by atoms with van der Waals surface area (Å²) in [7, 11) is -3.82. The van der Waals surface area contributed by atoms with Crippen LogP contribution in [0.5, 0.6) is 0 Å². The van der Waals surface area contributed by atoms with Crippen LogP contribution in [0.2, 0.25) is 0 Å². The molecule has 0 atom stereocenters. The van der Waals surface area contributed by atoms with Crippen LogP contribution in [0.15, 0.2) is 54.1 Å². The van der Waals surface area contributed by atoms with Crippen molar-refractivity contribution < 1.29 is 21.6 Å². The highest BCUT2D eigenvalue weighted by Gasteiger charge is 2.30. The number of benzene rings is 1. The molecular formula is C14H12F3N3O2S. The topological polar surface area (TPSA) is 71.1 Å². The van der Waals surface area contributed by atoms with Gasteiger partial charge in [0, 0.05) is 11.6 Å². The zero-order valence-corrected chi connectivity index (χ0v) is 12.4. The molecule has 0 amide bonds. The first-order chi connectivity index (χ1) is 10.8. The Bertz CT molecular complexity index is 773. The highest BCUT2D eigenvalue weighted by Crippen LogP contribution is 2.28. The van der Waals surface area contributed by atoms with Crippen molar-refractivity contribution in [1.29, 1.82) is 0 Å². The number of aromatic nitrogens is 1. The summed E-state index contributed by atoms with van der Waals surface area (Å²) in [5.41, 5.74) is 2.00. The molecular weight excluding hydrogens is 331 g/mol. The Morgan fingerprint density at radius 3 is 2.30 bits per heavy atom. The highest BCUT2D eigenvalue weighted by molar-refractivity contribution is 7.92. The maximum Gasteiger partial charge on any atom is 0.417 e. The lowest BCUT2D eigenvalue weighted by molar-refractivity contribution is -0.137. The molecule has 0 saturated carbocycles. The van der Waals surface area contributed by atoms with Crippen LogP contribution in [0.1, 0.15) is 11.1 Å². The monoisotopic (exact) mass is 343 g/mol. The van der Waals surface area contributed by atoms with Crippen LogP contribution in [0.4, 0.5) is 19.0 Å². The van der Waals surface area contributed by atoms with Gasteiger partial charge in [-0.05, 0) is 23.8 Å². The maximum atomic E-state index is 12.4. The molecule has 23 heavy (non-hydrogen) atoms. The van der Waals surface area contributed by atoms with Gasteiger partial charge < -0.3 is 0 Å². The molecule has 122 valence electrons. The summed E-state index contributed by atoms with van der Waals surface area (Å²) >= 11 is 0. The van der Waals surface area contributed by atoms with E-state index in [2.05, 4.69) is 10.4 Å². The van der Waals surface area contributed by atoms with Crippen LogP contribution in [-0.4, -0.2) is 13.4 Å². The lowest BCUT2D eigenvalue weighted by Gasteiger charge is -2.08. The Hall–Kier alpha value is -2.39. The molecule has 2 N–H and O–H groups in total. The Morgan fingerprint density at radius 1 is 1.04 bits per heavy atom. The number of sulfonamides is 1. The van der Waals surface area contributed by atoms with Crippen LogP contribution in [-0.2, 0) is 16.2 Å². The minimum absolute atomic E-state index is 0.0605. The smallest absolute Gasteiger partial charge is 0.292 e. The normalized spacial score (nSPS) is 12.5. The van der Waals surface area contributed by atoms with Crippen molar-refractivity contribution in [2.45, 2.75) is 6.18 Å². The van der Waals surface area contributed by atoms with Crippen LogP contribution in [0, 0.1) is 0 Å². The number of alkyl halides is 3. The summed E-state index contributed by atoms with van der Waals surface area (Å²) < 4.78 is 60.6. The van der Waals surface area contributed by atoms with Crippen LogP contribution >= 0.6 is 0 Å². The van der Waals surface area contributed by atoms with Gasteiger partial charge in [0.2, 0.25) is 0 Å². The van der Waals surface area contributed by atoms with Crippen molar-refractivity contribution >= 4 is 21.9 Å². The van der Waals surface area contributed by atoms with Crippen molar-refractivity contribution in [1.82, 2.24) is 9.82 Å². The summed E-state index contributed by atoms with van der Waals surface area (Å²) in [5, 5.41) is 0.930. The molecule has 0 radical (unpaired) electrons. The summed E-state index contributed by atoms with van der Waals surface area (Å²) in [5.74, 6) is -0.0605. The van der Waals surface area contributed by atoms with E-state index in [9.17, 15) is 21.6 Å². The third-order valence-electron chi connectivity index (χ3n) is 2.65. The Kier molecular flexibility index (Phi) is 5.02. The number of rotatable bonds is 5.